The molecule has 5 aliphatic rings. The maximum absolute atomic E-state index is 11.8. The quantitative estimate of drug-likeness (QED) is 0.362. The van der Waals surface area contributed by atoms with Crippen LogP contribution in [0.1, 0.15) is 48.0 Å². The van der Waals surface area contributed by atoms with Crippen LogP contribution in [0, 0.1) is 0 Å². The van der Waals surface area contributed by atoms with Gasteiger partial charge < -0.3 is 10.4 Å². The lowest BCUT2D eigenvalue weighted by Gasteiger charge is -2.21. The molecule has 5 rings (SSSR count). The summed E-state index contributed by atoms with van der Waals surface area (Å²) in [6.45, 7) is 12.6. The van der Waals surface area contributed by atoms with E-state index in [0.29, 0.717) is 17.9 Å². The van der Waals surface area contributed by atoms with Gasteiger partial charge in [-0.2, -0.15) is 0 Å². The van der Waals surface area contributed by atoms with Crippen molar-refractivity contribution in [1.29, 1.82) is 0 Å². The van der Waals surface area contributed by atoms with Crippen molar-refractivity contribution in [1.82, 2.24) is 10.8 Å². The molecule has 0 aromatic carbocycles. The third-order valence-corrected chi connectivity index (χ3v) is 7.06. The Kier molecular flexibility index (Phi) is 6.43. The molecule has 5 heterocycles. The zero-order chi connectivity index (χ0) is 26.3. The first kappa shape index (κ1) is 24.9. The average molecular weight is 496 g/mol. The Hall–Kier alpha value is -3.81. The van der Waals surface area contributed by atoms with E-state index in [0.717, 1.165) is 68.6 Å². The lowest BCUT2D eigenvalue weighted by atomic mass is 9.92. The van der Waals surface area contributed by atoms with Crippen molar-refractivity contribution < 1.29 is 9.94 Å². The fourth-order valence-electron chi connectivity index (χ4n) is 4.97. The molecule has 5 aliphatic heterocycles. The van der Waals surface area contributed by atoms with Gasteiger partial charge in [0.25, 0.3) is 0 Å². The predicted octanol–water partition coefficient (Wildman–Crippen LogP) is 5.18. The van der Waals surface area contributed by atoms with Gasteiger partial charge in [-0.1, -0.05) is 6.92 Å². The number of nitrogens with one attached hydrogen (secondary N) is 2. The van der Waals surface area contributed by atoms with E-state index in [1.54, 1.807) is 13.1 Å². The molecule has 0 aromatic heterocycles. The van der Waals surface area contributed by atoms with Gasteiger partial charge in [0.05, 0.1) is 46.5 Å². The Morgan fingerprint density at radius 3 is 2.51 bits per heavy atom. The maximum atomic E-state index is 11.8. The van der Waals surface area contributed by atoms with Crippen LogP contribution in [0.25, 0.3) is 0 Å². The molecule has 37 heavy (non-hydrogen) atoms. The second-order valence-electron chi connectivity index (χ2n) is 9.74. The van der Waals surface area contributed by atoms with Gasteiger partial charge in [-0.05, 0) is 106 Å². The Balaban J connectivity index is 1.71. The van der Waals surface area contributed by atoms with Crippen LogP contribution in [0.4, 0.5) is 0 Å². The van der Waals surface area contributed by atoms with E-state index in [2.05, 4.69) is 49.8 Å². The minimum absolute atomic E-state index is 0.526. The van der Waals surface area contributed by atoms with Crippen LogP contribution in [0.15, 0.2) is 120 Å². The molecule has 0 saturated heterocycles. The summed E-state index contributed by atoms with van der Waals surface area (Å²) < 4.78 is 0. The molecular weight excluding hydrogens is 462 g/mol. The standard InChI is InChI=1S/C30H33N5O2/c1-7-22-19(5)26-14-24-17(3)11-20(32-24)13-21-12-18(4)25(33-21)15-28-23(9-10-31-37-8-2)30(6,36)29(35-28)16-27(22)34-26/h9-16,31,35-36H,7-8H2,1-6H3. The lowest BCUT2D eigenvalue weighted by Crippen LogP contribution is -2.29. The average Bonchev–Trinajstić information content (AvgIpc) is 3.52. The van der Waals surface area contributed by atoms with E-state index in [-0.39, 0.29) is 0 Å². The normalized spacial score (nSPS) is 24.8. The molecule has 7 heteroatoms. The smallest absolute Gasteiger partial charge is 0.129 e. The Bertz CT molecular complexity index is 1450. The monoisotopic (exact) mass is 495 g/mol. The molecule has 0 spiro atoms. The zero-order valence-corrected chi connectivity index (χ0v) is 22.2. The lowest BCUT2D eigenvalue weighted by molar-refractivity contribution is 0.0822. The first-order chi connectivity index (χ1) is 17.7. The number of hydroxylamine groups is 1. The van der Waals surface area contributed by atoms with Crippen LogP contribution in [0.3, 0.4) is 0 Å². The van der Waals surface area contributed by atoms with Crippen molar-refractivity contribution in [2.45, 2.75) is 53.6 Å². The number of aliphatic imine (C=N–C) groups is 3. The van der Waals surface area contributed by atoms with Crippen molar-refractivity contribution in [3.05, 3.63) is 105 Å². The molecule has 3 N–H and O–H groups in total. The summed E-state index contributed by atoms with van der Waals surface area (Å²) in [6, 6.07) is 0. The van der Waals surface area contributed by atoms with Gasteiger partial charge >= 0.3 is 0 Å². The molecule has 190 valence electrons. The molecule has 8 bridgehead atoms. The van der Waals surface area contributed by atoms with Crippen LogP contribution in [-0.4, -0.2) is 34.4 Å². The summed E-state index contributed by atoms with van der Waals surface area (Å²) in [4.78, 5) is 19.9. The molecular formula is C30H33N5O2. The minimum atomic E-state index is -1.28. The van der Waals surface area contributed by atoms with E-state index in [4.69, 9.17) is 19.8 Å². The molecule has 1 atom stereocenters. The summed E-state index contributed by atoms with van der Waals surface area (Å²) in [5.74, 6) is 0. The van der Waals surface area contributed by atoms with E-state index in [9.17, 15) is 5.11 Å². The van der Waals surface area contributed by atoms with Crippen molar-refractivity contribution in [3.63, 3.8) is 0 Å². The van der Waals surface area contributed by atoms with E-state index < -0.39 is 5.60 Å². The molecule has 1 unspecified atom stereocenters. The molecule has 7 nitrogen and oxygen atoms in total. The molecule has 0 aliphatic carbocycles. The van der Waals surface area contributed by atoms with Gasteiger partial charge in [-0.25, -0.2) is 15.0 Å². The summed E-state index contributed by atoms with van der Waals surface area (Å²) >= 11 is 0. The maximum Gasteiger partial charge on any atom is 0.129 e. The highest BCUT2D eigenvalue weighted by molar-refractivity contribution is 6.16. The Labute approximate surface area is 218 Å². The van der Waals surface area contributed by atoms with Gasteiger partial charge in [0.2, 0.25) is 0 Å². The first-order valence-electron chi connectivity index (χ1n) is 12.7. The second-order valence-corrected chi connectivity index (χ2v) is 9.74. The number of hydrogen-bond donors (Lipinski definition) is 3. The summed E-state index contributed by atoms with van der Waals surface area (Å²) in [7, 11) is 0. The number of hydrogen-bond acceptors (Lipinski definition) is 7. The molecule has 0 fully saturated rings. The summed E-state index contributed by atoms with van der Waals surface area (Å²) in [6.07, 6.45) is 16.5. The van der Waals surface area contributed by atoms with Crippen molar-refractivity contribution in [2.24, 2.45) is 15.0 Å². The van der Waals surface area contributed by atoms with Gasteiger partial charge in [0, 0.05) is 17.5 Å². The van der Waals surface area contributed by atoms with Crippen molar-refractivity contribution in [2.75, 3.05) is 6.61 Å². The largest absolute Gasteiger partial charge is 0.379 e. The van der Waals surface area contributed by atoms with Crippen LogP contribution in [0.5, 0.6) is 0 Å². The van der Waals surface area contributed by atoms with E-state index in [1.165, 1.54) is 0 Å². The number of rotatable bonds is 5. The summed E-state index contributed by atoms with van der Waals surface area (Å²) in [5.41, 5.74) is 13.2. The van der Waals surface area contributed by atoms with Crippen molar-refractivity contribution >= 4 is 17.1 Å². The fraction of sp³-hybridized carbons (Fsp3) is 0.300. The van der Waals surface area contributed by atoms with Crippen LogP contribution in [0.2, 0.25) is 0 Å². The van der Waals surface area contributed by atoms with Crippen molar-refractivity contribution in [3.8, 4) is 0 Å². The zero-order valence-electron chi connectivity index (χ0n) is 22.2. The summed E-state index contributed by atoms with van der Waals surface area (Å²) in [5, 5.41) is 15.2. The highest BCUT2D eigenvalue weighted by Crippen LogP contribution is 2.38. The van der Waals surface area contributed by atoms with Gasteiger partial charge in [0.1, 0.15) is 5.60 Å². The Morgan fingerprint density at radius 1 is 0.946 bits per heavy atom. The van der Waals surface area contributed by atoms with Crippen LogP contribution in [-0.2, 0) is 4.84 Å². The minimum Gasteiger partial charge on any atom is -0.379 e. The highest BCUT2D eigenvalue weighted by atomic mass is 16.6. The SMILES string of the molecule is CCONC=CC1=C2C=C3N=C(C=C4C=C(C)C(=N4)C=C4N=C(C=C(N2)C1(C)O)C(CC)=C4C)C=C3C. The second kappa shape index (κ2) is 9.57. The number of nitrogens with zero attached hydrogens (tertiary/aromatic N) is 3. The highest BCUT2D eigenvalue weighted by Gasteiger charge is 2.38. The van der Waals surface area contributed by atoms with Crippen LogP contribution < -0.4 is 10.8 Å². The van der Waals surface area contributed by atoms with Gasteiger partial charge in [-0.3, -0.25) is 10.3 Å². The third kappa shape index (κ3) is 4.56. The van der Waals surface area contributed by atoms with Crippen LogP contribution >= 0.6 is 0 Å². The number of allylic oxidation sites excluding steroid dienone is 10. The fourth-order valence-corrected chi connectivity index (χ4v) is 4.97. The molecule has 0 saturated carbocycles. The first-order valence-corrected chi connectivity index (χ1v) is 12.7. The topological polar surface area (TPSA) is 90.6 Å². The predicted molar refractivity (Wildman–Crippen MR) is 150 cm³/mol. The van der Waals surface area contributed by atoms with E-state index >= 15 is 0 Å². The molecule has 0 amide bonds. The molecule has 0 radical (unpaired) electrons. The third-order valence-electron chi connectivity index (χ3n) is 7.06. The van der Waals surface area contributed by atoms with Gasteiger partial charge in [-0.15, -0.1) is 0 Å². The molecule has 0 aromatic rings. The number of fused-ring (bicyclic) bond motifs is 5. The number of aliphatic hydroxyl groups is 1. The van der Waals surface area contributed by atoms with Gasteiger partial charge in [0.15, 0.2) is 0 Å². The Morgan fingerprint density at radius 2 is 1.76 bits per heavy atom. The van der Waals surface area contributed by atoms with E-state index in [1.807, 2.05) is 38.2 Å².